The van der Waals surface area contributed by atoms with E-state index < -0.39 is 61.9 Å². The third-order valence-electron chi connectivity index (χ3n) is 15.6. The van der Waals surface area contributed by atoms with Gasteiger partial charge in [-0.25, -0.2) is 0 Å². The fourth-order valence-corrected chi connectivity index (χ4v) is 13.3. The van der Waals surface area contributed by atoms with Gasteiger partial charge >= 0.3 is 16.4 Å². The lowest BCUT2D eigenvalue weighted by Gasteiger charge is -2.63. The molecule has 6 heterocycles. The molecule has 9 rings (SSSR count). The molecule has 5 aliphatic heterocycles. The van der Waals surface area contributed by atoms with E-state index in [1.54, 1.807) is 7.11 Å². The van der Waals surface area contributed by atoms with Crippen LogP contribution in [0.5, 0.6) is 5.75 Å². The number of methoxy groups -OCH3 is 2. The van der Waals surface area contributed by atoms with Gasteiger partial charge in [0.15, 0.2) is 5.60 Å². The Morgan fingerprint density at radius 2 is 1.75 bits per heavy atom. The molecule has 1 spiro atoms. The summed E-state index contributed by atoms with van der Waals surface area (Å²) in [6.45, 7) is 6.94. The lowest BCUT2D eigenvalue weighted by Crippen LogP contribution is -2.81. The van der Waals surface area contributed by atoms with Crippen LogP contribution in [0.15, 0.2) is 48.6 Å². The number of aromatic amines is 1. The van der Waals surface area contributed by atoms with Gasteiger partial charge in [0, 0.05) is 90.6 Å². The molecule has 63 heavy (non-hydrogen) atoms. The predicted molar refractivity (Wildman–Crippen MR) is 233 cm³/mol. The number of likely N-dealkylation sites (N-methyl/N-ethyl adjacent to an activating group) is 1. The van der Waals surface area contributed by atoms with Crippen molar-refractivity contribution in [1.82, 2.24) is 20.1 Å². The Bertz CT molecular complexity index is 2420. The normalized spacial score (nSPS) is 35.5. The Kier molecular flexibility index (Phi) is 11.6. The second kappa shape index (κ2) is 16.1. The first-order valence-corrected chi connectivity index (χ1v) is 23.2. The van der Waals surface area contributed by atoms with Crippen LogP contribution in [0.2, 0.25) is 0 Å². The van der Waals surface area contributed by atoms with Crippen LogP contribution in [0.1, 0.15) is 68.3 Å². The monoisotopic (exact) mass is 895 g/mol. The van der Waals surface area contributed by atoms with Crippen LogP contribution < -0.4 is 15.0 Å². The average molecular weight is 896 g/mol. The number of aromatic nitrogens is 1. The highest BCUT2D eigenvalue weighted by Crippen LogP contribution is 2.67. The Morgan fingerprint density at radius 1 is 1.02 bits per heavy atom. The summed E-state index contributed by atoms with van der Waals surface area (Å²) in [5.41, 5.74) is -1.57. The van der Waals surface area contributed by atoms with E-state index in [1.165, 1.54) is 7.11 Å². The van der Waals surface area contributed by atoms with Crippen LogP contribution in [-0.2, 0) is 42.0 Å². The van der Waals surface area contributed by atoms with Crippen LogP contribution in [0.3, 0.4) is 0 Å². The van der Waals surface area contributed by atoms with E-state index >= 15 is 4.79 Å². The fourth-order valence-electron chi connectivity index (χ4n) is 13.3. The molecule has 1 saturated carbocycles. The summed E-state index contributed by atoms with van der Waals surface area (Å²) in [7, 11) is 0.232. The number of aliphatic hydroxyl groups is 4. The van der Waals surface area contributed by atoms with Gasteiger partial charge in [-0.05, 0) is 74.2 Å². The molecule has 3 fully saturated rings. The number of amides is 1. The van der Waals surface area contributed by atoms with Crippen molar-refractivity contribution in [3.63, 3.8) is 0 Å². The molecule has 2 aromatic carbocycles. The molecule has 17 nitrogen and oxygen atoms in total. The highest BCUT2D eigenvalue weighted by atomic mass is 32.3. The van der Waals surface area contributed by atoms with Gasteiger partial charge in [-0.1, -0.05) is 44.2 Å². The SMILES string of the molecule is CC[C@]1(O)C[C@H]2CN(CCc3c([nH]c4ccccc34)[C@@](C(=O)OC)(c3cc4c(cc3OC)N(C)[C@H]3[C@@](O)(C(=O)NCCO)[C@H](O)[C@]5(CC)C=CCN6CC[C@]43[C@@H]65)C2)C1.O=S(=O)(O)O. The maximum Gasteiger partial charge on any atom is 0.394 e. The summed E-state index contributed by atoms with van der Waals surface area (Å²) in [5.74, 6) is -0.801. The van der Waals surface area contributed by atoms with E-state index in [0.717, 1.165) is 33.4 Å². The van der Waals surface area contributed by atoms with E-state index in [1.807, 2.05) is 62.2 Å². The summed E-state index contributed by atoms with van der Waals surface area (Å²) < 4.78 is 43.9. The molecule has 3 aromatic rings. The predicted octanol–water partition coefficient (Wildman–Crippen LogP) is 1.70. The lowest BCUT2D eigenvalue weighted by atomic mass is 9.47. The van der Waals surface area contributed by atoms with Crippen molar-refractivity contribution in [3.8, 4) is 5.75 Å². The highest BCUT2D eigenvalue weighted by molar-refractivity contribution is 7.79. The second-order valence-corrected chi connectivity index (χ2v) is 19.4. The van der Waals surface area contributed by atoms with Crippen molar-refractivity contribution in [2.24, 2.45) is 11.3 Å². The number of esters is 1. The van der Waals surface area contributed by atoms with Gasteiger partial charge in [0.05, 0.1) is 32.5 Å². The Labute approximate surface area is 367 Å². The largest absolute Gasteiger partial charge is 0.496 e. The number of nitrogens with one attached hydrogen (secondary N) is 2. The summed E-state index contributed by atoms with van der Waals surface area (Å²) in [4.78, 5) is 40.1. The van der Waals surface area contributed by atoms with Gasteiger partial charge < -0.3 is 45.1 Å². The first-order chi connectivity index (χ1) is 29.8. The maximum atomic E-state index is 15.3. The number of carbonyl (C=O) groups is 2. The van der Waals surface area contributed by atoms with Crippen LogP contribution in [0.4, 0.5) is 5.69 Å². The minimum absolute atomic E-state index is 0.0764. The Hall–Kier alpha value is -4.11. The quantitative estimate of drug-likeness (QED) is 0.0912. The van der Waals surface area contributed by atoms with Crippen LogP contribution in [0.25, 0.3) is 10.9 Å². The molecule has 2 bridgehead atoms. The Balaban J connectivity index is 0.00000103. The molecule has 1 amide bonds. The van der Waals surface area contributed by atoms with Crippen molar-refractivity contribution in [1.29, 1.82) is 0 Å². The molecule has 344 valence electrons. The van der Waals surface area contributed by atoms with Crippen LogP contribution >= 0.6 is 0 Å². The molecular formula is C45H61N5O12S. The number of H-pyrrole nitrogens is 1. The van der Waals surface area contributed by atoms with Crippen molar-refractivity contribution in [2.75, 3.05) is 72.0 Å². The average Bonchev–Trinajstić information content (AvgIpc) is 3.92. The molecule has 0 radical (unpaired) electrons. The number of benzene rings is 2. The topological polar surface area (TPSA) is 246 Å². The van der Waals surface area contributed by atoms with Crippen molar-refractivity contribution in [2.45, 2.75) is 92.6 Å². The number of piperidine rings is 1. The number of nitrogens with zero attached hydrogens (tertiary/aromatic N) is 3. The fraction of sp³-hybridized carbons (Fsp3) is 0.600. The number of hydrogen-bond acceptors (Lipinski definition) is 13. The second-order valence-electron chi connectivity index (χ2n) is 18.6. The summed E-state index contributed by atoms with van der Waals surface area (Å²) in [5, 5.41) is 51.2. The first-order valence-electron chi connectivity index (χ1n) is 21.8. The first kappa shape index (κ1) is 45.5. The van der Waals surface area contributed by atoms with Crippen molar-refractivity contribution in [3.05, 3.63) is 70.9 Å². The van der Waals surface area contributed by atoms with Gasteiger partial charge in [-0.3, -0.25) is 28.5 Å². The molecule has 1 aliphatic carbocycles. The Morgan fingerprint density at radius 3 is 2.41 bits per heavy atom. The number of para-hydroxylation sites is 1. The van der Waals surface area contributed by atoms with Gasteiger partial charge in [-0.2, -0.15) is 8.42 Å². The summed E-state index contributed by atoms with van der Waals surface area (Å²) in [6, 6.07) is 11.0. The number of hydrogen-bond donors (Lipinski definition) is 8. The minimum atomic E-state index is -4.67. The van der Waals surface area contributed by atoms with E-state index in [2.05, 4.69) is 32.2 Å². The molecule has 10 atom stereocenters. The van der Waals surface area contributed by atoms with Crippen molar-refractivity contribution < 1.29 is 57.0 Å². The van der Waals surface area contributed by atoms with Crippen LogP contribution in [0, 0.1) is 11.3 Å². The zero-order valence-corrected chi connectivity index (χ0v) is 37.3. The van der Waals surface area contributed by atoms with Gasteiger partial charge in [0.2, 0.25) is 0 Å². The number of aliphatic hydroxyl groups excluding tert-OH is 2. The van der Waals surface area contributed by atoms with Gasteiger partial charge in [-0.15, -0.1) is 0 Å². The summed E-state index contributed by atoms with van der Waals surface area (Å²) in [6.07, 6.45) is 5.71. The molecule has 1 unspecified atom stereocenters. The number of ether oxygens (including phenoxy) is 2. The molecular weight excluding hydrogens is 835 g/mol. The zero-order chi connectivity index (χ0) is 45.5. The lowest BCUT2D eigenvalue weighted by molar-refractivity contribution is -0.203. The van der Waals surface area contributed by atoms with Crippen LogP contribution in [-0.4, -0.2) is 161 Å². The molecule has 1 aromatic heterocycles. The molecule has 8 N–H and O–H groups in total. The summed E-state index contributed by atoms with van der Waals surface area (Å²) >= 11 is 0. The zero-order valence-electron chi connectivity index (χ0n) is 36.5. The maximum absolute atomic E-state index is 15.3. The number of rotatable bonds is 8. The standard InChI is InChI=1S/C45H59N5O8.H2O4S/c1-6-41(55)23-27-24-44(40(54)58-5,35-29(13-18-49(25-27)26-41)28-11-8-9-12-32(28)47-35)31-21-30-33(22-34(31)57-4)48(3)37-43(30)15-19-50-17-10-14-42(7-2,36(43)50)38(52)45(37,56)39(53)46-16-20-51;1-5(2,3)4/h8-12,14,21-22,27,36-38,47,51-52,55-56H,6-7,13,15-20,23-26H2,1-5H3,(H,46,53);(H2,1,2,3,4)/t27-,36+,37-,38-,41+,42-,43-,44+,45+;/m1./s1. The number of fused-ring (bicyclic) bond motifs is 6. The van der Waals surface area contributed by atoms with E-state index in [4.69, 9.17) is 27.0 Å². The van der Waals surface area contributed by atoms with Gasteiger partial charge in [0.25, 0.3) is 5.91 Å². The van der Waals surface area contributed by atoms with E-state index in [9.17, 15) is 25.2 Å². The minimum Gasteiger partial charge on any atom is -0.496 e. The van der Waals surface area contributed by atoms with E-state index in [-0.39, 0.29) is 25.1 Å². The smallest absolute Gasteiger partial charge is 0.394 e. The highest BCUT2D eigenvalue weighted by Gasteiger charge is 2.78. The molecule has 6 aliphatic rings. The number of anilines is 1. The van der Waals surface area contributed by atoms with E-state index in [0.29, 0.717) is 82.6 Å². The molecule has 2 saturated heterocycles. The molecule has 18 heteroatoms. The van der Waals surface area contributed by atoms with Gasteiger partial charge in [0.1, 0.15) is 17.3 Å². The third-order valence-corrected chi connectivity index (χ3v) is 15.6. The van der Waals surface area contributed by atoms with Crippen molar-refractivity contribution >= 4 is 38.9 Å². The number of carbonyl (C=O) groups excluding carboxylic acids is 2. The third kappa shape index (κ3) is 6.73.